The van der Waals surface area contributed by atoms with Crippen LogP contribution in [0.15, 0.2) is 11.8 Å². The standard InChI is InChI=1S/C20H36N4O3/c1-6-7-24-14-17(21-20(26)23(4)8-9-27-5)10-15-12-19(25)16(11-18(15)24)13-22(2)3/h13,15,17-18H,6-12,14H2,1-5H3,(H,21,26)/t15-,17+,18-/m1/s1. The molecule has 0 aromatic carbocycles. The van der Waals surface area contributed by atoms with Crippen molar-refractivity contribution in [1.29, 1.82) is 0 Å². The van der Waals surface area contributed by atoms with Gasteiger partial charge in [0, 0.05) is 71.6 Å². The smallest absolute Gasteiger partial charge is 0.317 e. The predicted octanol–water partition coefficient (Wildman–Crippen LogP) is 1.55. The Morgan fingerprint density at radius 2 is 2.07 bits per heavy atom. The highest BCUT2D eigenvalue weighted by Crippen LogP contribution is 2.36. The zero-order chi connectivity index (χ0) is 20.0. The molecule has 0 radical (unpaired) electrons. The number of hydrogen-bond acceptors (Lipinski definition) is 5. The Balaban J connectivity index is 2.04. The van der Waals surface area contributed by atoms with Crippen LogP contribution in [0, 0.1) is 5.92 Å². The summed E-state index contributed by atoms with van der Waals surface area (Å²) in [7, 11) is 7.34. The monoisotopic (exact) mass is 380 g/mol. The second kappa shape index (κ2) is 10.1. The quantitative estimate of drug-likeness (QED) is 0.679. The Morgan fingerprint density at radius 1 is 1.33 bits per heavy atom. The van der Waals surface area contributed by atoms with E-state index in [0.717, 1.165) is 37.9 Å². The Kier molecular flexibility index (Phi) is 8.10. The third-order valence-electron chi connectivity index (χ3n) is 5.52. The highest BCUT2D eigenvalue weighted by molar-refractivity contribution is 5.96. The van der Waals surface area contributed by atoms with Gasteiger partial charge in [0.25, 0.3) is 0 Å². The molecule has 7 heteroatoms. The van der Waals surface area contributed by atoms with Crippen molar-refractivity contribution in [3.05, 3.63) is 11.8 Å². The molecule has 1 aliphatic heterocycles. The summed E-state index contributed by atoms with van der Waals surface area (Å²) in [6.07, 6.45) is 5.31. The second-order valence-electron chi connectivity index (χ2n) is 8.07. The van der Waals surface area contributed by atoms with Crippen LogP contribution in [0.2, 0.25) is 0 Å². The maximum atomic E-state index is 12.6. The number of carbonyl (C=O) groups excluding carboxylic acids is 2. The third kappa shape index (κ3) is 5.94. The van der Waals surface area contributed by atoms with E-state index >= 15 is 0 Å². The molecule has 1 saturated heterocycles. The summed E-state index contributed by atoms with van der Waals surface area (Å²) in [5.74, 6) is 0.567. The molecule has 2 rings (SSSR count). The van der Waals surface area contributed by atoms with Gasteiger partial charge in [0.1, 0.15) is 0 Å². The molecule has 154 valence electrons. The first kappa shape index (κ1) is 21.7. The number of carbonyl (C=O) groups is 2. The van der Waals surface area contributed by atoms with Crippen molar-refractivity contribution in [2.75, 3.05) is 54.5 Å². The molecule has 0 unspecified atom stereocenters. The van der Waals surface area contributed by atoms with E-state index in [9.17, 15) is 9.59 Å². The Morgan fingerprint density at radius 3 is 2.70 bits per heavy atom. The molecule has 1 aliphatic carbocycles. The van der Waals surface area contributed by atoms with Crippen LogP contribution in [0.3, 0.4) is 0 Å². The third-order valence-corrected chi connectivity index (χ3v) is 5.52. The van der Waals surface area contributed by atoms with E-state index in [0.29, 0.717) is 31.5 Å². The van der Waals surface area contributed by atoms with Crippen LogP contribution in [-0.2, 0) is 9.53 Å². The van der Waals surface area contributed by atoms with Crippen LogP contribution in [0.5, 0.6) is 0 Å². The SMILES string of the molecule is CCCN1C[C@@H](NC(=O)N(C)CCOC)C[C@@H]2CC(=O)C(=CN(C)C)C[C@H]21. The first-order chi connectivity index (χ1) is 12.8. The normalized spacial score (nSPS) is 27.4. The highest BCUT2D eigenvalue weighted by atomic mass is 16.5. The molecule has 0 spiro atoms. The number of fused-ring (bicyclic) bond motifs is 1. The van der Waals surface area contributed by atoms with Gasteiger partial charge in [-0.05, 0) is 31.7 Å². The van der Waals surface area contributed by atoms with E-state index < -0.39 is 0 Å². The predicted molar refractivity (Wildman–Crippen MR) is 107 cm³/mol. The lowest BCUT2D eigenvalue weighted by Gasteiger charge is -2.47. The van der Waals surface area contributed by atoms with Gasteiger partial charge >= 0.3 is 6.03 Å². The van der Waals surface area contributed by atoms with Crippen LogP contribution in [0.1, 0.15) is 32.6 Å². The molecule has 0 bridgehead atoms. The average Bonchev–Trinajstić information content (AvgIpc) is 2.60. The molecule has 1 heterocycles. The molecule has 2 amide bonds. The number of nitrogens with zero attached hydrogens (tertiary/aromatic N) is 3. The maximum Gasteiger partial charge on any atom is 0.317 e. The minimum Gasteiger partial charge on any atom is -0.383 e. The van der Waals surface area contributed by atoms with Gasteiger partial charge in [0.2, 0.25) is 0 Å². The minimum atomic E-state index is -0.0673. The topological polar surface area (TPSA) is 65.1 Å². The number of rotatable bonds is 7. The second-order valence-corrected chi connectivity index (χ2v) is 8.07. The molecular weight excluding hydrogens is 344 g/mol. The number of amides is 2. The van der Waals surface area contributed by atoms with Gasteiger partial charge in [0.15, 0.2) is 5.78 Å². The van der Waals surface area contributed by atoms with E-state index in [1.165, 1.54) is 0 Å². The van der Waals surface area contributed by atoms with Crippen molar-refractivity contribution >= 4 is 11.8 Å². The number of piperidine rings is 1. The van der Waals surface area contributed by atoms with Gasteiger partial charge in [-0.3, -0.25) is 9.69 Å². The molecule has 0 aromatic heterocycles. The number of likely N-dealkylation sites (N-methyl/N-ethyl adjacent to an activating group) is 1. The average molecular weight is 381 g/mol. The fourth-order valence-electron chi connectivity index (χ4n) is 4.24. The van der Waals surface area contributed by atoms with E-state index in [-0.39, 0.29) is 17.9 Å². The Labute approximate surface area is 163 Å². The Hall–Kier alpha value is -1.60. The first-order valence-corrected chi connectivity index (χ1v) is 10.0. The number of nitrogens with one attached hydrogen (secondary N) is 1. The summed E-state index contributed by atoms with van der Waals surface area (Å²) in [6, 6.07) is 0.415. The summed E-state index contributed by atoms with van der Waals surface area (Å²) in [4.78, 5) is 31.1. The number of urea groups is 1. The van der Waals surface area contributed by atoms with Crippen LogP contribution >= 0.6 is 0 Å². The van der Waals surface area contributed by atoms with E-state index in [1.807, 2.05) is 25.2 Å². The lowest BCUT2D eigenvalue weighted by atomic mass is 9.74. The zero-order valence-electron chi connectivity index (χ0n) is 17.5. The molecule has 27 heavy (non-hydrogen) atoms. The fraction of sp³-hybridized carbons (Fsp3) is 0.800. The van der Waals surface area contributed by atoms with Crippen LogP contribution in [0.4, 0.5) is 4.79 Å². The van der Waals surface area contributed by atoms with Gasteiger partial charge in [-0.15, -0.1) is 0 Å². The van der Waals surface area contributed by atoms with E-state index in [1.54, 1.807) is 19.1 Å². The summed E-state index contributed by atoms with van der Waals surface area (Å²) >= 11 is 0. The molecular formula is C20H36N4O3. The van der Waals surface area contributed by atoms with Gasteiger partial charge in [-0.2, -0.15) is 0 Å². The van der Waals surface area contributed by atoms with Crippen LogP contribution < -0.4 is 5.32 Å². The maximum absolute atomic E-state index is 12.6. The summed E-state index contributed by atoms with van der Waals surface area (Å²) in [5, 5.41) is 3.16. The first-order valence-electron chi connectivity index (χ1n) is 10.0. The molecule has 1 saturated carbocycles. The van der Waals surface area contributed by atoms with Crippen molar-refractivity contribution in [1.82, 2.24) is 20.0 Å². The lowest BCUT2D eigenvalue weighted by Crippen LogP contribution is -2.58. The van der Waals surface area contributed by atoms with Gasteiger partial charge in [-0.25, -0.2) is 4.79 Å². The van der Waals surface area contributed by atoms with Crippen LogP contribution in [0.25, 0.3) is 0 Å². The minimum absolute atomic E-state index is 0.0673. The van der Waals surface area contributed by atoms with Crippen LogP contribution in [-0.4, -0.2) is 93.1 Å². The van der Waals surface area contributed by atoms with Gasteiger partial charge in [-0.1, -0.05) is 6.92 Å². The lowest BCUT2D eigenvalue weighted by molar-refractivity contribution is -0.119. The van der Waals surface area contributed by atoms with Crippen molar-refractivity contribution in [2.45, 2.75) is 44.7 Å². The number of hydrogen-bond donors (Lipinski definition) is 1. The molecule has 2 fully saturated rings. The largest absolute Gasteiger partial charge is 0.383 e. The van der Waals surface area contributed by atoms with Gasteiger partial charge in [0.05, 0.1) is 6.61 Å². The highest BCUT2D eigenvalue weighted by Gasteiger charge is 2.41. The number of ketones is 1. The van der Waals surface area contributed by atoms with Crippen molar-refractivity contribution in [3.63, 3.8) is 0 Å². The number of methoxy groups -OCH3 is 1. The van der Waals surface area contributed by atoms with E-state index in [2.05, 4.69) is 17.1 Å². The molecule has 3 atom stereocenters. The van der Waals surface area contributed by atoms with Crippen molar-refractivity contribution in [3.8, 4) is 0 Å². The van der Waals surface area contributed by atoms with Crippen molar-refractivity contribution in [2.24, 2.45) is 5.92 Å². The molecule has 1 N–H and O–H groups in total. The fourth-order valence-corrected chi connectivity index (χ4v) is 4.24. The summed E-state index contributed by atoms with van der Waals surface area (Å²) in [6.45, 7) is 5.12. The summed E-state index contributed by atoms with van der Waals surface area (Å²) < 4.78 is 5.05. The number of likely N-dealkylation sites (tertiary alicyclic amines) is 1. The summed E-state index contributed by atoms with van der Waals surface area (Å²) in [5.41, 5.74) is 0.934. The van der Waals surface area contributed by atoms with Crippen molar-refractivity contribution < 1.29 is 14.3 Å². The Bertz CT molecular complexity index is 549. The molecule has 2 aliphatic rings. The molecule has 7 nitrogen and oxygen atoms in total. The number of Topliss-reactive ketones (excluding diaryl/α,β-unsaturated/α-hetero) is 1. The van der Waals surface area contributed by atoms with E-state index in [4.69, 9.17) is 4.74 Å². The van der Waals surface area contributed by atoms with Gasteiger partial charge < -0.3 is 19.9 Å². The molecule has 0 aromatic rings. The number of ether oxygens (including phenoxy) is 1. The zero-order valence-corrected chi connectivity index (χ0v) is 17.5.